The predicted molar refractivity (Wildman–Crippen MR) is 128 cm³/mol. The maximum Gasteiger partial charge on any atom is 0.408 e. The Morgan fingerprint density at radius 2 is 1.85 bits per heavy atom. The van der Waals surface area contributed by atoms with E-state index in [4.69, 9.17) is 16.3 Å². The minimum absolute atomic E-state index is 0.148. The Bertz CT molecular complexity index is 1500. The van der Waals surface area contributed by atoms with Crippen molar-refractivity contribution in [2.24, 2.45) is 13.0 Å². The summed E-state index contributed by atoms with van der Waals surface area (Å²) in [5.74, 6) is -7.43. The number of sulfonamides is 1. The first-order valence-electron chi connectivity index (χ1n) is 11.5. The van der Waals surface area contributed by atoms with E-state index in [-0.39, 0.29) is 31.1 Å². The number of benzene rings is 1. The second-order valence-corrected chi connectivity index (χ2v) is 11.2. The number of ether oxygens (including phenoxy) is 1. The number of hydrogen-bond acceptors (Lipinski definition) is 6. The van der Waals surface area contributed by atoms with Crippen LogP contribution in [-0.2, 0) is 26.7 Å². The molecule has 1 saturated heterocycles. The number of amides is 3. The van der Waals surface area contributed by atoms with Crippen LogP contribution < -0.4 is 20.1 Å². The van der Waals surface area contributed by atoms with Crippen LogP contribution in [0.3, 0.4) is 0 Å². The molecule has 2 aliphatic heterocycles. The Labute approximate surface area is 228 Å². The largest absolute Gasteiger partial charge is 0.489 e. The summed E-state index contributed by atoms with van der Waals surface area (Å²) in [5, 5.41) is 3.43. The molecule has 11 nitrogen and oxygen atoms in total. The second-order valence-electron chi connectivity index (χ2n) is 9.19. The van der Waals surface area contributed by atoms with Gasteiger partial charge in [0.15, 0.2) is 28.0 Å². The minimum atomic E-state index is -4.78. The molecule has 1 unspecified atom stereocenters. The van der Waals surface area contributed by atoms with Crippen molar-refractivity contribution in [3.8, 4) is 5.75 Å². The molecule has 0 saturated carbocycles. The fourth-order valence-corrected chi connectivity index (χ4v) is 6.28. The zero-order valence-electron chi connectivity index (χ0n) is 20.6. The molecule has 0 aliphatic carbocycles. The summed E-state index contributed by atoms with van der Waals surface area (Å²) < 4.78 is 101. The van der Waals surface area contributed by atoms with Crippen LogP contribution in [0.25, 0.3) is 0 Å². The zero-order chi connectivity index (χ0) is 29.7. The number of anilines is 1. The molecule has 3 atom stereocenters. The standard InChI is InChI=1S/C22H21ClF5N5O6S/c1-9(22(26,27)28)29-20(35)21(36)33-6-10-8-39-16-15(19(34)30-11-3-4-12(24)13(25)5-11)32(2)18(23)17(16)40(37,38)31-14(10)7-33/h3-5,9-10,14,31H,6-8H2,1-2H3,(H,29,35)(H,30,34)/t9?,10-,14-/m0/s1. The highest BCUT2D eigenvalue weighted by Crippen LogP contribution is 2.40. The van der Waals surface area contributed by atoms with Crippen molar-refractivity contribution in [2.75, 3.05) is 25.0 Å². The first-order chi connectivity index (χ1) is 18.5. The molecule has 1 aromatic carbocycles. The van der Waals surface area contributed by atoms with Crippen LogP contribution in [0.4, 0.5) is 27.6 Å². The van der Waals surface area contributed by atoms with Crippen molar-refractivity contribution in [3.63, 3.8) is 0 Å². The van der Waals surface area contributed by atoms with Gasteiger partial charge in [-0.3, -0.25) is 14.4 Å². The lowest BCUT2D eigenvalue weighted by atomic mass is 10.1. The van der Waals surface area contributed by atoms with Crippen molar-refractivity contribution in [2.45, 2.75) is 30.1 Å². The summed E-state index contributed by atoms with van der Waals surface area (Å²) >= 11 is 6.25. The van der Waals surface area contributed by atoms with Crippen molar-refractivity contribution < 1.29 is 49.5 Å². The number of nitrogens with one attached hydrogen (secondary N) is 3. The monoisotopic (exact) mass is 613 g/mol. The number of likely N-dealkylation sites (tertiary alicyclic amines) is 1. The summed E-state index contributed by atoms with van der Waals surface area (Å²) in [6.45, 7) is -0.252. The fraction of sp³-hybridized carbons (Fsp3) is 0.409. The molecule has 3 heterocycles. The van der Waals surface area contributed by atoms with Gasteiger partial charge in [0.05, 0.1) is 6.61 Å². The van der Waals surface area contributed by atoms with Crippen LogP contribution in [0.2, 0.25) is 5.15 Å². The van der Waals surface area contributed by atoms with E-state index in [9.17, 15) is 44.8 Å². The van der Waals surface area contributed by atoms with Crippen LogP contribution in [0.5, 0.6) is 5.75 Å². The Hall–Kier alpha value is -3.44. The Balaban J connectivity index is 1.58. The number of alkyl halides is 3. The fourth-order valence-electron chi connectivity index (χ4n) is 4.26. The third-order valence-corrected chi connectivity index (χ3v) is 8.49. The average molecular weight is 614 g/mol. The number of hydrogen-bond donors (Lipinski definition) is 3. The zero-order valence-corrected chi connectivity index (χ0v) is 22.2. The van der Waals surface area contributed by atoms with Crippen LogP contribution >= 0.6 is 11.6 Å². The summed E-state index contributed by atoms with van der Waals surface area (Å²) in [4.78, 5) is 37.9. The van der Waals surface area contributed by atoms with Crippen molar-refractivity contribution in [3.05, 3.63) is 40.7 Å². The van der Waals surface area contributed by atoms with E-state index < -0.39 is 79.4 Å². The van der Waals surface area contributed by atoms with Gasteiger partial charge in [-0.05, 0) is 19.1 Å². The van der Waals surface area contributed by atoms with Crippen LogP contribution in [0.1, 0.15) is 17.4 Å². The molecule has 3 N–H and O–H groups in total. The normalized spacial score (nSPS) is 20.9. The molecule has 218 valence electrons. The maximum atomic E-state index is 13.6. The Morgan fingerprint density at radius 1 is 1.18 bits per heavy atom. The van der Waals surface area contributed by atoms with Gasteiger partial charge >= 0.3 is 18.0 Å². The highest BCUT2D eigenvalue weighted by molar-refractivity contribution is 7.89. The van der Waals surface area contributed by atoms with E-state index >= 15 is 0 Å². The van der Waals surface area contributed by atoms with Crippen LogP contribution in [0.15, 0.2) is 23.1 Å². The van der Waals surface area contributed by atoms with Crippen LogP contribution in [0, 0.1) is 17.6 Å². The minimum Gasteiger partial charge on any atom is -0.489 e. The Kier molecular flexibility index (Phi) is 7.76. The van der Waals surface area contributed by atoms with E-state index in [0.717, 1.165) is 21.6 Å². The molecule has 0 spiro atoms. The number of fused-ring (bicyclic) bond motifs is 2. The number of carbonyl (C=O) groups excluding carboxylic acids is 3. The first-order valence-corrected chi connectivity index (χ1v) is 13.3. The maximum absolute atomic E-state index is 13.6. The smallest absolute Gasteiger partial charge is 0.408 e. The van der Waals surface area contributed by atoms with Crippen LogP contribution in [-0.4, -0.2) is 73.6 Å². The SMILES string of the molecule is CC(NC(=O)C(=O)N1C[C@H]2COc3c(c(Cl)n(C)c3C(=O)Nc3ccc(F)c(F)c3)S(=O)(=O)N[C@H]2C1)C(F)(F)F. The molecule has 1 aromatic heterocycles. The van der Waals surface area contributed by atoms with Gasteiger partial charge in [-0.15, -0.1) is 0 Å². The number of halogens is 6. The summed E-state index contributed by atoms with van der Waals surface area (Å²) in [6, 6.07) is -0.748. The van der Waals surface area contributed by atoms with E-state index in [1.165, 1.54) is 7.05 Å². The van der Waals surface area contributed by atoms with Crippen molar-refractivity contribution in [1.82, 2.24) is 19.5 Å². The van der Waals surface area contributed by atoms with Gasteiger partial charge in [-0.2, -0.15) is 13.2 Å². The second kappa shape index (κ2) is 10.5. The quantitative estimate of drug-likeness (QED) is 0.356. The third kappa shape index (κ3) is 5.57. The van der Waals surface area contributed by atoms with E-state index in [0.29, 0.717) is 13.0 Å². The summed E-state index contributed by atoms with van der Waals surface area (Å²) in [6.07, 6.45) is -4.78. The topological polar surface area (TPSA) is 139 Å². The lowest BCUT2D eigenvalue weighted by Gasteiger charge is -2.23. The average Bonchev–Trinajstić information content (AvgIpc) is 3.35. The first kappa shape index (κ1) is 29.5. The Morgan fingerprint density at radius 3 is 2.48 bits per heavy atom. The number of rotatable bonds is 3. The summed E-state index contributed by atoms with van der Waals surface area (Å²) in [7, 11) is -3.25. The predicted octanol–water partition coefficient (Wildman–Crippen LogP) is 1.77. The molecular formula is C22H21ClF5N5O6S. The number of aromatic nitrogens is 1. The molecule has 0 bridgehead atoms. The molecule has 0 radical (unpaired) electrons. The third-order valence-electron chi connectivity index (χ3n) is 6.41. The van der Waals surface area contributed by atoms with E-state index in [1.807, 2.05) is 0 Å². The molecular weight excluding hydrogens is 593 g/mol. The van der Waals surface area contributed by atoms with Crippen molar-refractivity contribution >= 4 is 45.0 Å². The molecule has 2 aromatic rings. The molecule has 4 rings (SSSR count). The van der Waals surface area contributed by atoms with Gasteiger partial charge in [0, 0.05) is 43.9 Å². The van der Waals surface area contributed by atoms with Gasteiger partial charge in [0.1, 0.15) is 11.2 Å². The molecule has 3 amide bonds. The molecule has 40 heavy (non-hydrogen) atoms. The lowest BCUT2D eigenvalue weighted by molar-refractivity contribution is -0.162. The van der Waals surface area contributed by atoms with Crippen molar-refractivity contribution in [1.29, 1.82) is 0 Å². The van der Waals surface area contributed by atoms with Gasteiger partial charge in [0.25, 0.3) is 5.91 Å². The van der Waals surface area contributed by atoms with Gasteiger partial charge in [-0.25, -0.2) is 21.9 Å². The summed E-state index contributed by atoms with van der Waals surface area (Å²) in [5.41, 5.74) is -0.523. The van der Waals surface area contributed by atoms with E-state index in [1.54, 1.807) is 5.32 Å². The molecule has 18 heteroatoms. The number of carbonyl (C=O) groups is 3. The highest BCUT2D eigenvalue weighted by atomic mass is 35.5. The lowest BCUT2D eigenvalue weighted by Crippen LogP contribution is -2.50. The number of nitrogens with zero attached hydrogens (tertiary/aromatic N) is 2. The van der Waals surface area contributed by atoms with E-state index in [2.05, 4.69) is 10.0 Å². The van der Waals surface area contributed by atoms with Gasteiger partial charge < -0.3 is 24.8 Å². The highest BCUT2D eigenvalue weighted by Gasteiger charge is 2.45. The molecule has 2 aliphatic rings. The van der Waals surface area contributed by atoms with Gasteiger partial charge in [0.2, 0.25) is 10.0 Å². The van der Waals surface area contributed by atoms with Gasteiger partial charge in [-0.1, -0.05) is 11.6 Å². The molecule has 1 fully saturated rings.